The van der Waals surface area contributed by atoms with Crippen LogP contribution in [0.15, 0.2) is 48.5 Å². The van der Waals surface area contributed by atoms with Crippen LogP contribution in [0.5, 0.6) is 5.75 Å². The van der Waals surface area contributed by atoms with Crippen molar-refractivity contribution in [2.45, 2.75) is 45.6 Å². The lowest BCUT2D eigenvalue weighted by molar-refractivity contribution is 0.416. The van der Waals surface area contributed by atoms with E-state index in [0.717, 1.165) is 17.9 Å². The van der Waals surface area contributed by atoms with Crippen molar-refractivity contribution in [1.29, 1.82) is 0 Å². The van der Waals surface area contributed by atoms with Crippen LogP contribution in [0.1, 0.15) is 51.1 Å². The van der Waals surface area contributed by atoms with Crippen molar-refractivity contribution in [2.24, 2.45) is 5.41 Å². The second-order valence-electron chi connectivity index (χ2n) is 7.41. The van der Waals surface area contributed by atoms with Gasteiger partial charge in [-0.05, 0) is 61.8 Å². The van der Waals surface area contributed by atoms with Gasteiger partial charge >= 0.3 is 0 Å². The summed E-state index contributed by atoms with van der Waals surface area (Å²) in [6.07, 6.45) is 5.49. The van der Waals surface area contributed by atoms with Gasteiger partial charge in [-0.2, -0.15) is 0 Å². The Kier molecular flexibility index (Phi) is 5.25. The molecule has 0 amide bonds. The van der Waals surface area contributed by atoms with Gasteiger partial charge < -0.3 is 10.1 Å². The van der Waals surface area contributed by atoms with Gasteiger partial charge in [-0.25, -0.2) is 0 Å². The average molecular weight is 323 g/mol. The van der Waals surface area contributed by atoms with E-state index in [4.69, 9.17) is 4.74 Å². The quantitative estimate of drug-likeness (QED) is 0.639. The predicted octanol–water partition coefficient (Wildman–Crippen LogP) is 5.59. The molecule has 2 aromatic carbocycles. The summed E-state index contributed by atoms with van der Waals surface area (Å²) in [5, 5.41) is 3.66. The lowest BCUT2D eigenvalue weighted by Crippen LogP contribution is -2.20. The highest BCUT2D eigenvalue weighted by Crippen LogP contribution is 2.48. The van der Waals surface area contributed by atoms with Crippen molar-refractivity contribution in [3.63, 3.8) is 0 Å². The second-order valence-corrected chi connectivity index (χ2v) is 7.41. The van der Waals surface area contributed by atoms with Crippen LogP contribution in [0.25, 0.3) is 11.1 Å². The summed E-state index contributed by atoms with van der Waals surface area (Å²) >= 11 is 0. The zero-order chi connectivity index (χ0) is 17.0. The highest BCUT2D eigenvalue weighted by Gasteiger charge is 2.35. The van der Waals surface area contributed by atoms with Crippen LogP contribution in [-0.4, -0.2) is 13.7 Å². The first-order chi connectivity index (χ1) is 11.6. The molecule has 1 aliphatic rings. The van der Waals surface area contributed by atoms with Crippen molar-refractivity contribution in [3.05, 3.63) is 54.1 Å². The van der Waals surface area contributed by atoms with Crippen molar-refractivity contribution < 1.29 is 4.74 Å². The summed E-state index contributed by atoms with van der Waals surface area (Å²) in [4.78, 5) is 0. The molecule has 128 valence electrons. The molecule has 0 bridgehead atoms. The molecule has 0 spiro atoms. The number of rotatable bonds is 8. The Hall–Kier alpha value is -1.80. The summed E-state index contributed by atoms with van der Waals surface area (Å²) in [6.45, 7) is 5.76. The molecule has 1 unspecified atom stereocenters. The Labute approximate surface area is 146 Å². The smallest absolute Gasteiger partial charge is 0.126 e. The molecule has 1 atom stereocenters. The van der Waals surface area contributed by atoms with Gasteiger partial charge in [0.2, 0.25) is 0 Å². The largest absolute Gasteiger partial charge is 0.496 e. The zero-order valence-electron chi connectivity index (χ0n) is 15.1. The normalized spacial score (nSPS) is 16.6. The fourth-order valence-electron chi connectivity index (χ4n) is 3.25. The van der Waals surface area contributed by atoms with Crippen LogP contribution in [0.4, 0.5) is 0 Å². The molecule has 0 aliphatic heterocycles. The minimum absolute atomic E-state index is 0.392. The van der Waals surface area contributed by atoms with Gasteiger partial charge in [-0.3, -0.25) is 0 Å². The van der Waals surface area contributed by atoms with Gasteiger partial charge in [0.25, 0.3) is 0 Å². The van der Waals surface area contributed by atoms with Crippen LogP contribution in [0, 0.1) is 5.41 Å². The third kappa shape index (κ3) is 4.18. The second kappa shape index (κ2) is 7.40. The van der Waals surface area contributed by atoms with E-state index < -0.39 is 0 Å². The molecule has 2 nitrogen and oxygen atoms in total. The monoisotopic (exact) mass is 323 g/mol. The Morgan fingerprint density at radius 3 is 2.46 bits per heavy atom. The predicted molar refractivity (Wildman–Crippen MR) is 101 cm³/mol. The molecule has 0 heterocycles. The van der Waals surface area contributed by atoms with E-state index in [1.165, 1.54) is 36.8 Å². The summed E-state index contributed by atoms with van der Waals surface area (Å²) in [5.74, 6) is 0.921. The number of hydrogen-bond donors (Lipinski definition) is 1. The Bertz CT molecular complexity index is 658. The first kappa shape index (κ1) is 17.0. The SMILES string of the molecule is COc1ccccc1-c1ccc(C(C)NCCCC2(C)CC2)cc1. The maximum atomic E-state index is 5.46. The van der Waals surface area contributed by atoms with Crippen molar-refractivity contribution in [2.75, 3.05) is 13.7 Å². The topological polar surface area (TPSA) is 21.3 Å². The molecular weight excluding hydrogens is 294 g/mol. The lowest BCUT2D eigenvalue weighted by atomic mass is 10.00. The molecule has 2 heteroatoms. The third-order valence-electron chi connectivity index (χ3n) is 5.34. The van der Waals surface area contributed by atoms with E-state index in [-0.39, 0.29) is 0 Å². The highest BCUT2D eigenvalue weighted by atomic mass is 16.5. The minimum atomic E-state index is 0.392. The van der Waals surface area contributed by atoms with Crippen molar-refractivity contribution in [1.82, 2.24) is 5.32 Å². The molecule has 1 N–H and O–H groups in total. The fraction of sp³-hybridized carbons (Fsp3) is 0.455. The van der Waals surface area contributed by atoms with E-state index in [1.54, 1.807) is 7.11 Å². The van der Waals surface area contributed by atoms with Gasteiger partial charge in [0, 0.05) is 11.6 Å². The first-order valence-corrected chi connectivity index (χ1v) is 9.08. The molecule has 0 saturated heterocycles. The van der Waals surface area contributed by atoms with Crippen LogP contribution < -0.4 is 10.1 Å². The summed E-state index contributed by atoms with van der Waals surface area (Å²) in [5.41, 5.74) is 4.35. The van der Waals surface area contributed by atoms with Crippen LogP contribution in [-0.2, 0) is 0 Å². The summed E-state index contributed by atoms with van der Waals surface area (Å²) in [7, 11) is 1.72. The molecular formula is C22H29NO. The molecule has 0 radical (unpaired) electrons. The Morgan fingerprint density at radius 2 is 1.79 bits per heavy atom. The molecule has 1 saturated carbocycles. The van der Waals surface area contributed by atoms with Gasteiger partial charge in [0.1, 0.15) is 5.75 Å². The van der Waals surface area contributed by atoms with E-state index in [9.17, 15) is 0 Å². The number of benzene rings is 2. The van der Waals surface area contributed by atoms with Gasteiger partial charge in [0.05, 0.1) is 7.11 Å². The average Bonchev–Trinajstić information content (AvgIpc) is 3.36. The maximum absolute atomic E-state index is 5.46. The standard InChI is InChI=1S/C22H29NO/c1-17(23-16-6-13-22(2)14-15-22)18-9-11-19(12-10-18)20-7-4-5-8-21(20)24-3/h4-5,7-12,17,23H,6,13-16H2,1-3H3. The van der Waals surface area contributed by atoms with E-state index in [2.05, 4.69) is 55.6 Å². The maximum Gasteiger partial charge on any atom is 0.126 e. The number of hydrogen-bond acceptors (Lipinski definition) is 2. The number of methoxy groups -OCH3 is 1. The number of para-hydroxylation sites is 1. The Balaban J connectivity index is 1.57. The van der Waals surface area contributed by atoms with E-state index in [1.807, 2.05) is 12.1 Å². The summed E-state index contributed by atoms with van der Waals surface area (Å²) < 4.78 is 5.46. The van der Waals surface area contributed by atoms with E-state index >= 15 is 0 Å². The van der Waals surface area contributed by atoms with Crippen molar-refractivity contribution in [3.8, 4) is 16.9 Å². The van der Waals surface area contributed by atoms with E-state index in [0.29, 0.717) is 11.5 Å². The van der Waals surface area contributed by atoms with Crippen LogP contribution >= 0.6 is 0 Å². The summed E-state index contributed by atoms with van der Waals surface area (Å²) in [6, 6.07) is 17.4. The Morgan fingerprint density at radius 1 is 1.08 bits per heavy atom. The molecule has 24 heavy (non-hydrogen) atoms. The minimum Gasteiger partial charge on any atom is -0.496 e. The van der Waals surface area contributed by atoms with Gasteiger partial charge in [-0.15, -0.1) is 0 Å². The number of ether oxygens (including phenoxy) is 1. The molecule has 0 aromatic heterocycles. The molecule has 1 fully saturated rings. The molecule has 2 aromatic rings. The van der Waals surface area contributed by atoms with Crippen molar-refractivity contribution >= 4 is 0 Å². The zero-order valence-corrected chi connectivity index (χ0v) is 15.1. The van der Waals surface area contributed by atoms with Gasteiger partial charge in [0.15, 0.2) is 0 Å². The third-order valence-corrected chi connectivity index (χ3v) is 5.34. The fourth-order valence-corrected chi connectivity index (χ4v) is 3.25. The van der Waals surface area contributed by atoms with Crippen LogP contribution in [0.2, 0.25) is 0 Å². The highest BCUT2D eigenvalue weighted by molar-refractivity contribution is 5.70. The van der Waals surface area contributed by atoms with Gasteiger partial charge in [-0.1, -0.05) is 49.4 Å². The number of nitrogens with one attached hydrogen (secondary N) is 1. The first-order valence-electron chi connectivity index (χ1n) is 9.08. The molecule has 1 aliphatic carbocycles. The lowest BCUT2D eigenvalue weighted by Gasteiger charge is -2.16. The molecule has 3 rings (SSSR count). The van der Waals surface area contributed by atoms with Crippen LogP contribution in [0.3, 0.4) is 0 Å².